The van der Waals surface area contributed by atoms with Crippen LogP contribution in [0.25, 0.3) is 0 Å². The van der Waals surface area contributed by atoms with Gasteiger partial charge in [-0.2, -0.15) is 0 Å². The van der Waals surface area contributed by atoms with Crippen LogP contribution in [0.5, 0.6) is 0 Å². The van der Waals surface area contributed by atoms with Crippen molar-refractivity contribution in [2.45, 2.75) is 38.0 Å². The minimum Gasteiger partial charge on any atom is -0.303 e. The fourth-order valence-electron chi connectivity index (χ4n) is 3.41. The maximum Gasteiger partial charge on any atom is 0.243 e. The quantitative estimate of drug-likeness (QED) is 0.741. The predicted molar refractivity (Wildman–Crippen MR) is 95.2 cm³/mol. The SMILES string of the molecule is CC1CC(C)CN(CCCCNS(=O)(=O)c2ccc(Cl)cc2F)C1. The third kappa shape index (κ3) is 5.69. The summed E-state index contributed by atoms with van der Waals surface area (Å²) in [4.78, 5) is 2.09. The number of likely N-dealkylation sites (tertiary alicyclic amines) is 1. The molecule has 0 aliphatic carbocycles. The molecule has 1 aromatic carbocycles. The van der Waals surface area contributed by atoms with E-state index in [1.54, 1.807) is 0 Å². The van der Waals surface area contributed by atoms with E-state index >= 15 is 0 Å². The summed E-state index contributed by atoms with van der Waals surface area (Å²) in [6.45, 7) is 8.07. The van der Waals surface area contributed by atoms with Gasteiger partial charge in [-0.05, 0) is 55.8 Å². The van der Waals surface area contributed by atoms with Crippen LogP contribution < -0.4 is 4.72 Å². The zero-order chi connectivity index (χ0) is 17.7. The molecule has 0 spiro atoms. The summed E-state index contributed by atoms with van der Waals surface area (Å²) in [6.07, 6.45) is 2.93. The van der Waals surface area contributed by atoms with Crippen molar-refractivity contribution in [1.29, 1.82) is 0 Å². The van der Waals surface area contributed by atoms with Crippen molar-refractivity contribution in [3.63, 3.8) is 0 Å². The summed E-state index contributed by atoms with van der Waals surface area (Å²) < 4.78 is 40.4. The number of nitrogens with zero attached hydrogens (tertiary/aromatic N) is 1. The Labute approximate surface area is 149 Å². The van der Waals surface area contributed by atoms with Gasteiger partial charge in [-0.15, -0.1) is 0 Å². The standard InChI is InChI=1S/C17H26ClFN2O2S/c1-13-9-14(2)12-21(11-13)8-4-3-7-20-24(22,23)17-6-5-15(18)10-16(17)19/h5-6,10,13-14,20H,3-4,7-9,11-12H2,1-2H3. The smallest absolute Gasteiger partial charge is 0.243 e. The highest BCUT2D eigenvalue weighted by atomic mass is 35.5. The lowest BCUT2D eigenvalue weighted by molar-refractivity contribution is 0.139. The Bertz CT molecular complexity index is 644. The Balaban J connectivity index is 1.75. The van der Waals surface area contributed by atoms with Crippen LogP contribution in [0.2, 0.25) is 5.02 Å². The Morgan fingerprint density at radius 2 is 1.92 bits per heavy atom. The van der Waals surface area contributed by atoms with Crippen LogP contribution in [0.1, 0.15) is 33.1 Å². The van der Waals surface area contributed by atoms with Crippen molar-refractivity contribution in [2.24, 2.45) is 11.8 Å². The summed E-state index contributed by atoms with van der Waals surface area (Å²) in [7, 11) is -3.83. The zero-order valence-electron chi connectivity index (χ0n) is 14.3. The molecule has 0 amide bonds. The Kier molecular flexibility index (Phi) is 7.04. The first kappa shape index (κ1) is 19.6. The molecule has 0 aromatic heterocycles. The van der Waals surface area contributed by atoms with Gasteiger partial charge in [0.25, 0.3) is 0 Å². The Morgan fingerprint density at radius 1 is 1.25 bits per heavy atom. The van der Waals surface area contributed by atoms with Gasteiger partial charge < -0.3 is 4.90 Å². The molecule has 1 fully saturated rings. The fraction of sp³-hybridized carbons (Fsp3) is 0.647. The zero-order valence-corrected chi connectivity index (χ0v) is 15.8. The van der Waals surface area contributed by atoms with Crippen molar-refractivity contribution in [2.75, 3.05) is 26.2 Å². The fourth-order valence-corrected chi connectivity index (χ4v) is 4.70. The summed E-state index contributed by atoms with van der Waals surface area (Å²) in [5.74, 6) is 0.617. The molecule has 1 saturated heterocycles. The number of sulfonamides is 1. The van der Waals surface area contributed by atoms with Crippen molar-refractivity contribution in [1.82, 2.24) is 9.62 Å². The van der Waals surface area contributed by atoms with E-state index < -0.39 is 15.8 Å². The predicted octanol–water partition coefficient (Wildman–Crippen LogP) is 3.52. The minimum atomic E-state index is -3.83. The maximum atomic E-state index is 13.7. The summed E-state index contributed by atoms with van der Waals surface area (Å²) in [5.41, 5.74) is 0. The highest BCUT2D eigenvalue weighted by molar-refractivity contribution is 7.89. The highest BCUT2D eigenvalue weighted by Gasteiger charge is 2.21. The third-order valence-electron chi connectivity index (χ3n) is 4.32. The second-order valence-electron chi connectivity index (χ2n) is 6.89. The summed E-state index contributed by atoms with van der Waals surface area (Å²) >= 11 is 5.65. The lowest BCUT2D eigenvalue weighted by Crippen LogP contribution is -2.39. The molecular weight excluding hydrogens is 351 g/mol. The number of halogens is 2. The van der Waals surface area contributed by atoms with Crippen molar-refractivity contribution < 1.29 is 12.8 Å². The molecule has 7 heteroatoms. The molecule has 0 radical (unpaired) electrons. The number of hydrogen-bond donors (Lipinski definition) is 1. The van der Waals surface area contributed by atoms with Crippen molar-refractivity contribution in [3.8, 4) is 0 Å². The van der Waals surface area contributed by atoms with Gasteiger partial charge in [0.1, 0.15) is 10.7 Å². The average Bonchev–Trinajstić information content (AvgIpc) is 2.45. The van der Waals surface area contributed by atoms with Gasteiger partial charge in [-0.25, -0.2) is 17.5 Å². The lowest BCUT2D eigenvalue weighted by atomic mass is 9.92. The van der Waals surface area contributed by atoms with Gasteiger partial charge in [0.2, 0.25) is 10.0 Å². The molecule has 4 nitrogen and oxygen atoms in total. The van der Waals surface area contributed by atoms with Crippen LogP contribution in [0.15, 0.2) is 23.1 Å². The van der Waals surface area contributed by atoms with E-state index in [0.717, 1.165) is 50.4 Å². The lowest BCUT2D eigenvalue weighted by Gasteiger charge is -2.34. The molecule has 1 N–H and O–H groups in total. The molecule has 136 valence electrons. The van der Waals surface area contributed by atoms with Gasteiger partial charge in [-0.1, -0.05) is 25.4 Å². The van der Waals surface area contributed by atoms with Crippen LogP contribution in [-0.4, -0.2) is 39.5 Å². The minimum absolute atomic E-state index is 0.177. The number of piperidine rings is 1. The first-order valence-corrected chi connectivity index (χ1v) is 10.3. The van der Waals surface area contributed by atoms with Crippen LogP contribution in [0.3, 0.4) is 0 Å². The number of rotatable bonds is 7. The first-order valence-electron chi connectivity index (χ1n) is 8.45. The molecular formula is C17H26ClFN2O2S. The van der Waals surface area contributed by atoms with Crippen LogP contribution in [0.4, 0.5) is 4.39 Å². The Hall–Kier alpha value is -0.690. The number of hydrogen-bond acceptors (Lipinski definition) is 3. The molecule has 1 aliphatic heterocycles. The van der Waals surface area contributed by atoms with Gasteiger partial charge in [0.15, 0.2) is 0 Å². The first-order chi connectivity index (χ1) is 11.3. The largest absolute Gasteiger partial charge is 0.303 e. The summed E-state index contributed by atoms with van der Waals surface area (Å²) in [5, 5.41) is 0.177. The second kappa shape index (κ2) is 8.61. The van der Waals surface area contributed by atoms with E-state index in [0.29, 0.717) is 6.54 Å². The van der Waals surface area contributed by atoms with Crippen LogP contribution >= 0.6 is 11.6 Å². The number of unbranched alkanes of at least 4 members (excludes halogenated alkanes) is 1. The maximum absolute atomic E-state index is 13.7. The normalized spacial score (nSPS) is 22.7. The third-order valence-corrected chi connectivity index (χ3v) is 6.05. The molecule has 2 unspecified atom stereocenters. The van der Waals surface area contributed by atoms with Crippen LogP contribution in [-0.2, 0) is 10.0 Å². The highest BCUT2D eigenvalue weighted by Crippen LogP contribution is 2.21. The van der Waals surface area contributed by atoms with Gasteiger partial charge in [0.05, 0.1) is 0 Å². The van der Waals surface area contributed by atoms with E-state index in [9.17, 15) is 12.8 Å². The van der Waals surface area contributed by atoms with E-state index in [-0.39, 0.29) is 9.92 Å². The van der Waals surface area contributed by atoms with E-state index in [1.807, 2.05) is 0 Å². The van der Waals surface area contributed by atoms with Crippen molar-refractivity contribution >= 4 is 21.6 Å². The molecule has 1 aromatic rings. The topological polar surface area (TPSA) is 49.4 Å². The average molecular weight is 377 g/mol. The number of nitrogens with one attached hydrogen (secondary N) is 1. The van der Waals surface area contributed by atoms with E-state index in [2.05, 4.69) is 23.5 Å². The molecule has 0 bridgehead atoms. The molecule has 1 heterocycles. The van der Waals surface area contributed by atoms with E-state index in [4.69, 9.17) is 11.6 Å². The van der Waals surface area contributed by atoms with Gasteiger partial charge >= 0.3 is 0 Å². The number of benzene rings is 1. The van der Waals surface area contributed by atoms with Gasteiger partial charge in [0, 0.05) is 24.7 Å². The van der Waals surface area contributed by atoms with E-state index in [1.165, 1.54) is 18.6 Å². The van der Waals surface area contributed by atoms with Crippen LogP contribution in [0, 0.1) is 17.7 Å². The Morgan fingerprint density at radius 3 is 2.54 bits per heavy atom. The molecule has 2 rings (SSSR count). The second-order valence-corrected chi connectivity index (χ2v) is 9.06. The monoisotopic (exact) mass is 376 g/mol. The molecule has 1 aliphatic rings. The molecule has 2 atom stereocenters. The molecule has 24 heavy (non-hydrogen) atoms. The molecule has 0 saturated carbocycles. The van der Waals surface area contributed by atoms with Gasteiger partial charge in [-0.3, -0.25) is 0 Å². The summed E-state index contributed by atoms with van der Waals surface area (Å²) in [6, 6.07) is 3.57. The van der Waals surface area contributed by atoms with Crippen molar-refractivity contribution in [3.05, 3.63) is 29.0 Å².